The van der Waals surface area contributed by atoms with E-state index in [2.05, 4.69) is 25.6 Å². The van der Waals surface area contributed by atoms with E-state index in [9.17, 15) is 48.7 Å². The molecule has 20 heteroatoms. The van der Waals surface area contributed by atoms with E-state index in [1.54, 1.807) is 31.2 Å². The molecule has 0 spiro atoms. The maximum atomic E-state index is 14.5. The minimum Gasteiger partial charge on any atom is -0.496 e. The number of carbonyl (C=O) groups is 3. The quantitative estimate of drug-likeness (QED) is 0.0573. The number of alkyl halides is 2. The maximum Gasteiger partial charge on any atom is 0.377 e. The van der Waals surface area contributed by atoms with Crippen molar-refractivity contribution in [1.82, 2.24) is 30.3 Å². The molecular formula is C35H38F2N6O11S. The molecular weight excluding hydrogens is 750 g/mol. The highest BCUT2D eigenvalue weighted by Gasteiger charge is 2.57. The van der Waals surface area contributed by atoms with E-state index in [1.165, 1.54) is 42.7 Å². The Labute approximate surface area is 316 Å². The van der Waals surface area contributed by atoms with Crippen LogP contribution in [0.5, 0.6) is 11.5 Å². The molecule has 2 aromatic heterocycles. The highest BCUT2D eigenvalue weighted by Crippen LogP contribution is 2.39. The van der Waals surface area contributed by atoms with Gasteiger partial charge in [-0.25, -0.2) is 28.2 Å². The van der Waals surface area contributed by atoms with E-state index in [4.69, 9.17) is 14.2 Å². The van der Waals surface area contributed by atoms with Crippen molar-refractivity contribution in [3.05, 3.63) is 71.2 Å². The molecule has 294 valence electrons. The molecule has 6 atom stereocenters. The number of aliphatic carboxylic acids is 1. The number of amides is 1. The molecule has 5 rings (SSSR count). The van der Waals surface area contributed by atoms with Gasteiger partial charge in [0, 0.05) is 12.7 Å². The van der Waals surface area contributed by atoms with Crippen LogP contribution >= 0.6 is 11.8 Å². The number of halogens is 2. The van der Waals surface area contributed by atoms with Gasteiger partial charge in [0.25, 0.3) is 6.43 Å². The summed E-state index contributed by atoms with van der Waals surface area (Å²) in [4.78, 5) is 46.2. The predicted molar refractivity (Wildman–Crippen MR) is 188 cm³/mol. The lowest BCUT2D eigenvalue weighted by atomic mass is 9.88. The fourth-order valence-electron chi connectivity index (χ4n) is 5.99. The average Bonchev–Trinajstić information content (AvgIpc) is 3.62. The number of carboxylic acids is 1. The Bertz CT molecular complexity index is 2060. The Kier molecular flexibility index (Phi) is 12.8. The summed E-state index contributed by atoms with van der Waals surface area (Å²) in [7, 11) is 1.52. The third-order valence-corrected chi connectivity index (χ3v) is 9.62. The molecule has 1 saturated heterocycles. The highest BCUT2D eigenvalue weighted by atomic mass is 32.2. The summed E-state index contributed by atoms with van der Waals surface area (Å²) in [6, 6.07) is 8.95. The van der Waals surface area contributed by atoms with E-state index < -0.39 is 78.9 Å². The average molecular weight is 789 g/mol. The van der Waals surface area contributed by atoms with Gasteiger partial charge in [0.05, 0.1) is 72.2 Å². The number of carboxylic acid groups (broad SMARTS) is 1. The van der Waals surface area contributed by atoms with Crippen molar-refractivity contribution in [2.24, 2.45) is 0 Å². The molecule has 0 bridgehead atoms. The lowest BCUT2D eigenvalue weighted by molar-refractivity contribution is -0.284. The lowest BCUT2D eigenvalue weighted by Crippen LogP contribution is -2.68. The van der Waals surface area contributed by atoms with E-state index in [-0.39, 0.29) is 17.2 Å². The molecule has 6 N–H and O–H groups in total. The summed E-state index contributed by atoms with van der Waals surface area (Å²) in [5, 5.41) is 62.1. The number of ketones is 1. The van der Waals surface area contributed by atoms with Crippen LogP contribution in [0.3, 0.4) is 0 Å². The standard InChI is InChI=1S/C35H38F2N6O11S/c1-16-27(17(2)45)33(40-32(38-16)21-7-5-6-8-25(21)52-4)55-15-19-13-43(42-41-19)20-9-10-26(22(11-20)31(36)37)53-35(34(50)51)12-23(47)28(39-18(3)46)30(54-35)29(49)24(48)14-44/h5-11,13,23-24,28-31,44,47-49H,12,14-15H2,1-4H3,(H,39,46)(H,50,51)/t23-,24+,28+,29+,30+,35+/m0/s1. The van der Waals surface area contributed by atoms with Crippen molar-refractivity contribution in [3.8, 4) is 28.6 Å². The van der Waals surface area contributed by atoms with Gasteiger partial charge in [0.1, 0.15) is 34.8 Å². The Hall–Kier alpha value is -5.12. The van der Waals surface area contributed by atoms with Crippen LogP contribution in [-0.4, -0.2) is 118 Å². The highest BCUT2D eigenvalue weighted by molar-refractivity contribution is 7.98. The summed E-state index contributed by atoms with van der Waals surface area (Å²) in [6.07, 6.45) is -10.3. The van der Waals surface area contributed by atoms with Gasteiger partial charge in [-0.05, 0) is 44.2 Å². The van der Waals surface area contributed by atoms with Crippen molar-refractivity contribution >= 4 is 29.4 Å². The molecule has 1 amide bonds. The lowest BCUT2D eigenvalue weighted by Gasteiger charge is -2.46. The summed E-state index contributed by atoms with van der Waals surface area (Å²) >= 11 is 1.19. The minimum absolute atomic E-state index is 0.0752. The van der Waals surface area contributed by atoms with Crippen molar-refractivity contribution in [2.75, 3.05) is 13.7 Å². The number of rotatable bonds is 15. The van der Waals surface area contributed by atoms with E-state index >= 15 is 0 Å². The number of aliphatic hydroxyl groups excluding tert-OH is 4. The topological polar surface area (TPSA) is 249 Å². The van der Waals surface area contributed by atoms with Gasteiger partial charge in [-0.3, -0.25) is 9.59 Å². The van der Waals surface area contributed by atoms with Crippen molar-refractivity contribution < 1.29 is 62.9 Å². The number of aryl methyl sites for hydroxylation is 1. The van der Waals surface area contributed by atoms with Crippen LogP contribution in [0.1, 0.15) is 54.0 Å². The van der Waals surface area contributed by atoms with Crippen LogP contribution in [0.15, 0.2) is 53.7 Å². The largest absolute Gasteiger partial charge is 0.496 e. The van der Waals surface area contributed by atoms with Crippen molar-refractivity contribution in [2.45, 2.75) is 80.6 Å². The molecule has 17 nitrogen and oxygen atoms in total. The fraction of sp³-hybridized carbons (Fsp3) is 0.400. The first kappa shape index (κ1) is 41.1. The maximum absolute atomic E-state index is 14.5. The molecule has 2 aromatic carbocycles. The Balaban J connectivity index is 1.41. The Morgan fingerprint density at radius 3 is 2.49 bits per heavy atom. The van der Waals surface area contributed by atoms with Crippen LogP contribution in [0, 0.1) is 6.92 Å². The molecule has 4 aromatic rings. The molecule has 0 unspecified atom stereocenters. The van der Waals surface area contributed by atoms with Gasteiger partial charge < -0.3 is 45.1 Å². The van der Waals surface area contributed by atoms with Gasteiger partial charge >= 0.3 is 11.8 Å². The number of ether oxygens (including phenoxy) is 3. The summed E-state index contributed by atoms with van der Waals surface area (Å²) < 4.78 is 46.8. The first-order chi connectivity index (χ1) is 26.1. The summed E-state index contributed by atoms with van der Waals surface area (Å²) in [5.74, 6) is -5.38. The zero-order chi connectivity index (χ0) is 40.2. The summed E-state index contributed by atoms with van der Waals surface area (Å²) in [6.45, 7) is 3.16. The zero-order valence-corrected chi connectivity index (χ0v) is 30.6. The minimum atomic E-state index is -3.24. The van der Waals surface area contributed by atoms with Crippen LogP contribution in [0.2, 0.25) is 0 Å². The van der Waals surface area contributed by atoms with Gasteiger partial charge in [-0.15, -0.1) is 5.10 Å². The second kappa shape index (κ2) is 17.1. The van der Waals surface area contributed by atoms with Crippen LogP contribution in [0.4, 0.5) is 8.78 Å². The smallest absolute Gasteiger partial charge is 0.377 e. The summed E-state index contributed by atoms with van der Waals surface area (Å²) in [5.41, 5.74) is 1.04. The monoisotopic (exact) mass is 788 g/mol. The molecule has 3 heterocycles. The molecule has 0 aliphatic carbocycles. The number of hydrogen-bond acceptors (Lipinski definition) is 15. The first-order valence-electron chi connectivity index (χ1n) is 16.6. The van der Waals surface area contributed by atoms with Gasteiger partial charge in [0.15, 0.2) is 11.6 Å². The predicted octanol–water partition coefficient (Wildman–Crippen LogP) is 2.00. The number of methoxy groups -OCH3 is 1. The molecule has 0 saturated carbocycles. The molecule has 55 heavy (non-hydrogen) atoms. The van der Waals surface area contributed by atoms with E-state index in [0.717, 1.165) is 19.1 Å². The third-order valence-electron chi connectivity index (χ3n) is 8.61. The van der Waals surface area contributed by atoms with Gasteiger partial charge in [0.2, 0.25) is 5.91 Å². The number of aliphatic hydroxyl groups is 4. The second-order valence-electron chi connectivity index (χ2n) is 12.5. The molecule has 1 aliphatic heterocycles. The van der Waals surface area contributed by atoms with Crippen LogP contribution in [0.25, 0.3) is 17.1 Å². The number of hydrogen-bond donors (Lipinski definition) is 6. The van der Waals surface area contributed by atoms with Crippen molar-refractivity contribution in [1.29, 1.82) is 0 Å². The fourth-order valence-corrected chi connectivity index (χ4v) is 6.99. The Morgan fingerprint density at radius 2 is 1.85 bits per heavy atom. The number of thioether (sulfide) groups is 1. The van der Waals surface area contributed by atoms with E-state index in [0.29, 0.717) is 39.1 Å². The number of nitrogens with one attached hydrogen (secondary N) is 1. The second-order valence-corrected chi connectivity index (χ2v) is 13.5. The van der Waals surface area contributed by atoms with Gasteiger partial charge in [-0.1, -0.05) is 29.1 Å². The number of carbonyl (C=O) groups excluding carboxylic acids is 2. The van der Waals surface area contributed by atoms with E-state index in [1.807, 2.05) is 0 Å². The SMILES string of the molecule is COc1ccccc1-c1nc(C)c(C(C)=O)c(SCc2cn(-c3ccc(O[C@]4(C(=O)O)C[C@H](O)[C@@H](NC(C)=O)[C@H]([C@H](O)[C@H](O)CO)O4)c(C(F)F)c3)nn2)n1. The number of para-hydroxylation sites is 1. The van der Waals surface area contributed by atoms with Crippen LogP contribution in [-0.2, 0) is 20.1 Å². The number of nitrogens with zero attached hydrogens (tertiary/aromatic N) is 5. The number of benzene rings is 2. The number of aromatic nitrogens is 5. The van der Waals surface area contributed by atoms with Gasteiger partial charge in [-0.2, -0.15) is 0 Å². The number of Topliss-reactive ketones (excluding diaryl/α,β-unsaturated/α-hetero) is 1. The van der Waals surface area contributed by atoms with Crippen LogP contribution < -0.4 is 14.8 Å². The molecule has 1 fully saturated rings. The third kappa shape index (κ3) is 8.90. The molecule has 0 radical (unpaired) electrons. The molecule has 1 aliphatic rings. The Morgan fingerprint density at radius 1 is 1.13 bits per heavy atom. The normalized spacial score (nSPS) is 20.8. The van der Waals surface area contributed by atoms with Crippen molar-refractivity contribution in [3.63, 3.8) is 0 Å². The first-order valence-corrected chi connectivity index (χ1v) is 17.6. The zero-order valence-electron chi connectivity index (χ0n) is 29.8.